The first kappa shape index (κ1) is 16.4. The van der Waals surface area contributed by atoms with Crippen molar-refractivity contribution in [1.29, 1.82) is 0 Å². The summed E-state index contributed by atoms with van der Waals surface area (Å²) in [6.45, 7) is 2.03. The molecule has 6 nitrogen and oxygen atoms in total. The van der Waals surface area contributed by atoms with E-state index in [1.54, 1.807) is 10.7 Å². The molecule has 1 unspecified atom stereocenters. The highest BCUT2D eigenvalue weighted by Gasteiger charge is 2.18. The summed E-state index contributed by atoms with van der Waals surface area (Å²) in [7, 11) is 0. The van der Waals surface area contributed by atoms with Crippen molar-refractivity contribution in [2.75, 3.05) is 19.8 Å². The molecule has 0 saturated carbocycles. The van der Waals surface area contributed by atoms with E-state index in [4.69, 9.17) is 21.1 Å². The Morgan fingerprint density at radius 2 is 2.13 bits per heavy atom. The van der Waals surface area contributed by atoms with Crippen molar-refractivity contribution in [2.24, 2.45) is 0 Å². The fourth-order valence-corrected chi connectivity index (χ4v) is 2.81. The van der Waals surface area contributed by atoms with Crippen molar-refractivity contribution in [3.63, 3.8) is 0 Å². The molecular weight excluding hydrogens is 318 g/mol. The Balaban J connectivity index is 1.60. The Hall–Kier alpha value is -1.47. The summed E-state index contributed by atoms with van der Waals surface area (Å²) in [6, 6.07) is 7.45. The van der Waals surface area contributed by atoms with Crippen molar-refractivity contribution in [2.45, 2.75) is 31.6 Å². The molecular formula is C16H20ClN3O3. The second-order valence-electron chi connectivity index (χ2n) is 5.54. The molecule has 7 heteroatoms. The zero-order chi connectivity index (χ0) is 16.1. The number of nitrogens with zero attached hydrogens (tertiary/aromatic N) is 3. The second-order valence-corrected chi connectivity index (χ2v) is 5.95. The number of ether oxygens (including phenoxy) is 2. The lowest BCUT2D eigenvalue weighted by molar-refractivity contribution is -0.0621. The molecule has 1 aliphatic heterocycles. The van der Waals surface area contributed by atoms with Crippen molar-refractivity contribution in [3.05, 3.63) is 35.6 Å². The highest BCUT2D eigenvalue weighted by Crippen LogP contribution is 2.25. The summed E-state index contributed by atoms with van der Waals surface area (Å²) in [5, 5.41) is 15.0. The smallest absolute Gasteiger partial charge is 0.159 e. The molecule has 0 spiro atoms. The molecule has 1 N–H and O–H groups in total. The van der Waals surface area contributed by atoms with Gasteiger partial charge in [0.25, 0.3) is 0 Å². The van der Waals surface area contributed by atoms with Gasteiger partial charge in [0.05, 0.1) is 30.4 Å². The number of hydrogen-bond donors (Lipinski definition) is 1. The van der Waals surface area contributed by atoms with Crippen LogP contribution in [0.2, 0.25) is 5.02 Å². The SMILES string of the molecule is OC(COC1CCOCC1)Cn1ncnc1-c1ccccc1Cl. The second kappa shape index (κ2) is 7.88. The molecule has 1 aromatic carbocycles. The Morgan fingerprint density at radius 1 is 1.35 bits per heavy atom. The van der Waals surface area contributed by atoms with Gasteiger partial charge >= 0.3 is 0 Å². The van der Waals surface area contributed by atoms with E-state index < -0.39 is 6.10 Å². The third-order valence-electron chi connectivity index (χ3n) is 3.81. The molecule has 0 amide bonds. The number of benzene rings is 1. The zero-order valence-electron chi connectivity index (χ0n) is 12.8. The van der Waals surface area contributed by atoms with Gasteiger partial charge in [-0.1, -0.05) is 23.7 Å². The Labute approximate surface area is 140 Å². The van der Waals surface area contributed by atoms with Crippen LogP contribution in [0.25, 0.3) is 11.4 Å². The van der Waals surface area contributed by atoms with Crippen LogP contribution < -0.4 is 0 Å². The van der Waals surface area contributed by atoms with E-state index in [1.807, 2.05) is 18.2 Å². The van der Waals surface area contributed by atoms with E-state index in [0.29, 0.717) is 17.4 Å². The highest BCUT2D eigenvalue weighted by atomic mass is 35.5. The van der Waals surface area contributed by atoms with Gasteiger partial charge in [0.2, 0.25) is 0 Å². The molecule has 23 heavy (non-hydrogen) atoms. The minimum absolute atomic E-state index is 0.164. The van der Waals surface area contributed by atoms with Gasteiger partial charge in [0.1, 0.15) is 6.33 Å². The quantitative estimate of drug-likeness (QED) is 0.874. The summed E-state index contributed by atoms with van der Waals surface area (Å²) in [5.74, 6) is 0.640. The molecule has 1 fully saturated rings. The first-order valence-corrected chi connectivity index (χ1v) is 8.12. The molecule has 1 aromatic heterocycles. The van der Waals surface area contributed by atoms with Crippen LogP contribution in [0.15, 0.2) is 30.6 Å². The van der Waals surface area contributed by atoms with Crippen LogP contribution in [0.1, 0.15) is 12.8 Å². The van der Waals surface area contributed by atoms with Gasteiger partial charge in [-0.2, -0.15) is 5.10 Å². The van der Waals surface area contributed by atoms with E-state index in [9.17, 15) is 5.11 Å². The average molecular weight is 338 g/mol. The molecule has 0 radical (unpaired) electrons. The minimum Gasteiger partial charge on any atom is -0.389 e. The summed E-state index contributed by atoms with van der Waals surface area (Å²) in [6.07, 6.45) is 2.73. The maximum absolute atomic E-state index is 10.2. The van der Waals surface area contributed by atoms with Crippen LogP contribution in [0.5, 0.6) is 0 Å². The maximum Gasteiger partial charge on any atom is 0.159 e. The number of aliphatic hydroxyl groups excluding tert-OH is 1. The van der Waals surface area contributed by atoms with Gasteiger partial charge in [-0.05, 0) is 25.0 Å². The largest absolute Gasteiger partial charge is 0.389 e. The number of halogens is 1. The highest BCUT2D eigenvalue weighted by molar-refractivity contribution is 6.33. The van der Waals surface area contributed by atoms with Crippen LogP contribution in [-0.4, -0.2) is 51.9 Å². The Morgan fingerprint density at radius 3 is 2.91 bits per heavy atom. The standard InChI is InChI=1S/C16H20ClN3O3/c17-15-4-2-1-3-14(15)16-18-11-19-20(16)9-12(21)10-23-13-5-7-22-8-6-13/h1-4,11-13,21H,5-10H2. The molecule has 1 saturated heterocycles. The normalized spacial score (nSPS) is 17.3. The van der Waals surface area contributed by atoms with E-state index in [0.717, 1.165) is 31.6 Å². The lowest BCUT2D eigenvalue weighted by Gasteiger charge is -2.23. The fraction of sp³-hybridized carbons (Fsp3) is 0.500. The van der Waals surface area contributed by atoms with Gasteiger partial charge in [-0.25, -0.2) is 9.67 Å². The van der Waals surface area contributed by atoms with E-state index in [1.165, 1.54) is 6.33 Å². The van der Waals surface area contributed by atoms with Crippen molar-refractivity contribution in [3.8, 4) is 11.4 Å². The van der Waals surface area contributed by atoms with Gasteiger partial charge in [0, 0.05) is 18.8 Å². The van der Waals surface area contributed by atoms with E-state index in [2.05, 4.69) is 10.1 Å². The molecule has 0 bridgehead atoms. The Bertz CT molecular complexity index is 629. The molecule has 3 rings (SSSR count). The number of hydrogen-bond acceptors (Lipinski definition) is 5. The lowest BCUT2D eigenvalue weighted by atomic mass is 10.1. The average Bonchev–Trinajstić information content (AvgIpc) is 3.02. The van der Waals surface area contributed by atoms with Gasteiger partial charge in [-0.3, -0.25) is 0 Å². The summed E-state index contributed by atoms with van der Waals surface area (Å²) < 4.78 is 12.7. The minimum atomic E-state index is -0.652. The molecule has 1 atom stereocenters. The van der Waals surface area contributed by atoms with Crippen LogP contribution in [0.3, 0.4) is 0 Å². The van der Waals surface area contributed by atoms with Gasteiger partial charge < -0.3 is 14.6 Å². The van der Waals surface area contributed by atoms with E-state index in [-0.39, 0.29) is 12.7 Å². The number of aliphatic hydroxyl groups is 1. The summed E-state index contributed by atoms with van der Waals surface area (Å²) in [5.41, 5.74) is 0.796. The molecule has 124 valence electrons. The van der Waals surface area contributed by atoms with Crippen LogP contribution in [-0.2, 0) is 16.0 Å². The van der Waals surface area contributed by atoms with Crippen molar-refractivity contribution in [1.82, 2.24) is 14.8 Å². The van der Waals surface area contributed by atoms with Crippen LogP contribution >= 0.6 is 11.6 Å². The monoisotopic (exact) mass is 337 g/mol. The Kier molecular flexibility index (Phi) is 5.61. The molecule has 2 aromatic rings. The van der Waals surface area contributed by atoms with Crippen LogP contribution in [0, 0.1) is 0 Å². The van der Waals surface area contributed by atoms with Crippen molar-refractivity contribution < 1.29 is 14.6 Å². The maximum atomic E-state index is 10.2. The molecule has 0 aliphatic carbocycles. The predicted octanol–water partition coefficient (Wildman–Crippen LogP) is 2.16. The van der Waals surface area contributed by atoms with Crippen molar-refractivity contribution >= 4 is 11.6 Å². The third kappa shape index (κ3) is 4.29. The fourth-order valence-electron chi connectivity index (χ4n) is 2.59. The van der Waals surface area contributed by atoms with Gasteiger partial charge in [0.15, 0.2) is 5.82 Å². The summed E-state index contributed by atoms with van der Waals surface area (Å²) in [4.78, 5) is 4.25. The number of aromatic nitrogens is 3. The molecule has 2 heterocycles. The van der Waals surface area contributed by atoms with Gasteiger partial charge in [-0.15, -0.1) is 0 Å². The zero-order valence-corrected chi connectivity index (χ0v) is 13.5. The predicted molar refractivity (Wildman–Crippen MR) is 86.3 cm³/mol. The summed E-state index contributed by atoms with van der Waals surface area (Å²) >= 11 is 6.21. The first-order chi connectivity index (χ1) is 11.2. The molecule has 1 aliphatic rings. The lowest BCUT2D eigenvalue weighted by Crippen LogP contribution is -2.29. The topological polar surface area (TPSA) is 69.4 Å². The third-order valence-corrected chi connectivity index (χ3v) is 4.14. The van der Waals surface area contributed by atoms with Crippen LogP contribution in [0.4, 0.5) is 0 Å². The number of rotatable bonds is 6. The van der Waals surface area contributed by atoms with E-state index >= 15 is 0 Å². The first-order valence-electron chi connectivity index (χ1n) is 7.74.